The summed E-state index contributed by atoms with van der Waals surface area (Å²) in [6, 6.07) is 25.9. The van der Waals surface area contributed by atoms with Crippen LogP contribution in [0, 0.1) is 0 Å². The number of benzene rings is 3. The maximum absolute atomic E-state index is 5.83. The first-order valence-electron chi connectivity index (χ1n) is 8.36. The van der Waals surface area contributed by atoms with Crippen LogP contribution in [0.15, 0.2) is 78.9 Å². The molecule has 0 saturated carbocycles. The van der Waals surface area contributed by atoms with Gasteiger partial charge in [-0.05, 0) is 53.9 Å². The van der Waals surface area contributed by atoms with Crippen LogP contribution in [0.5, 0.6) is 17.2 Å². The van der Waals surface area contributed by atoms with E-state index in [1.165, 1.54) is 11.1 Å². The fraction of sp³-hybridized carbons (Fsp3) is 0.182. The second-order valence-corrected chi connectivity index (χ2v) is 5.71. The van der Waals surface area contributed by atoms with Crippen LogP contribution in [-0.2, 0) is 17.8 Å². The van der Waals surface area contributed by atoms with Crippen molar-refractivity contribution in [1.29, 1.82) is 0 Å². The first kappa shape index (κ1) is 17.1. The summed E-state index contributed by atoms with van der Waals surface area (Å²) >= 11 is 0. The van der Waals surface area contributed by atoms with Gasteiger partial charge < -0.3 is 14.2 Å². The Morgan fingerprint density at radius 3 is 1.88 bits per heavy atom. The van der Waals surface area contributed by atoms with Gasteiger partial charge in [-0.1, -0.05) is 42.5 Å². The smallest absolute Gasteiger partial charge is 0.127 e. The van der Waals surface area contributed by atoms with Crippen molar-refractivity contribution in [3.63, 3.8) is 0 Å². The van der Waals surface area contributed by atoms with Crippen LogP contribution in [0.3, 0.4) is 0 Å². The highest BCUT2D eigenvalue weighted by atomic mass is 16.5. The van der Waals surface area contributed by atoms with E-state index >= 15 is 0 Å². The largest absolute Gasteiger partial charge is 0.497 e. The molecule has 128 valence electrons. The van der Waals surface area contributed by atoms with Crippen LogP contribution in [-0.4, -0.2) is 13.7 Å². The van der Waals surface area contributed by atoms with Crippen LogP contribution < -0.4 is 9.47 Å². The Labute approximate surface area is 148 Å². The lowest BCUT2D eigenvalue weighted by Gasteiger charge is -2.08. The first-order chi connectivity index (χ1) is 12.3. The molecule has 3 aromatic rings. The van der Waals surface area contributed by atoms with Gasteiger partial charge >= 0.3 is 0 Å². The van der Waals surface area contributed by atoms with Crippen LogP contribution in [0.25, 0.3) is 0 Å². The molecule has 0 radical (unpaired) electrons. The summed E-state index contributed by atoms with van der Waals surface area (Å²) in [6.45, 7) is 1.35. The number of ether oxygens (including phenoxy) is 3. The minimum absolute atomic E-state index is 0.652. The molecule has 0 amide bonds. The van der Waals surface area contributed by atoms with Gasteiger partial charge in [0, 0.05) is 0 Å². The lowest BCUT2D eigenvalue weighted by atomic mass is 10.1. The van der Waals surface area contributed by atoms with E-state index in [-0.39, 0.29) is 0 Å². The second kappa shape index (κ2) is 8.90. The van der Waals surface area contributed by atoms with Crippen molar-refractivity contribution >= 4 is 0 Å². The van der Waals surface area contributed by atoms with Crippen molar-refractivity contribution in [2.45, 2.75) is 13.0 Å². The molecular formula is C22H22O3. The summed E-state index contributed by atoms with van der Waals surface area (Å²) in [5.74, 6) is 2.43. The zero-order valence-corrected chi connectivity index (χ0v) is 14.4. The van der Waals surface area contributed by atoms with Crippen LogP contribution in [0.2, 0.25) is 0 Å². The third-order valence-corrected chi connectivity index (χ3v) is 3.87. The molecule has 0 aromatic heterocycles. The minimum atomic E-state index is 0.652. The van der Waals surface area contributed by atoms with Crippen LogP contribution in [0.4, 0.5) is 0 Å². The van der Waals surface area contributed by atoms with E-state index in [4.69, 9.17) is 14.2 Å². The second-order valence-electron chi connectivity index (χ2n) is 5.71. The van der Waals surface area contributed by atoms with E-state index in [2.05, 4.69) is 24.3 Å². The number of methoxy groups -OCH3 is 1. The van der Waals surface area contributed by atoms with Gasteiger partial charge in [0.1, 0.15) is 17.2 Å². The van der Waals surface area contributed by atoms with Crippen molar-refractivity contribution in [3.8, 4) is 17.2 Å². The van der Waals surface area contributed by atoms with E-state index < -0.39 is 0 Å². The molecule has 0 unspecified atom stereocenters. The van der Waals surface area contributed by atoms with Crippen molar-refractivity contribution in [2.75, 3.05) is 13.7 Å². The van der Waals surface area contributed by atoms with E-state index in [9.17, 15) is 0 Å². The molecule has 0 spiro atoms. The summed E-state index contributed by atoms with van der Waals surface area (Å²) in [6.07, 6.45) is 0.885. The molecule has 0 aliphatic heterocycles. The summed E-state index contributed by atoms with van der Waals surface area (Å²) in [7, 11) is 1.65. The molecular weight excluding hydrogens is 312 g/mol. The van der Waals surface area contributed by atoms with Crippen molar-refractivity contribution in [3.05, 3.63) is 90.0 Å². The van der Waals surface area contributed by atoms with Gasteiger partial charge in [-0.25, -0.2) is 0 Å². The molecule has 0 bridgehead atoms. The number of hydrogen-bond donors (Lipinski definition) is 0. The van der Waals surface area contributed by atoms with Gasteiger partial charge in [0.25, 0.3) is 0 Å². The fourth-order valence-electron chi connectivity index (χ4n) is 2.46. The Hall–Kier alpha value is -2.78. The lowest BCUT2D eigenvalue weighted by Crippen LogP contribution is -1.99. The maximum atomic E-state index is 5.83. The van der Waals surface area contributed by atoms with E-state index in [1.54, 1.807) is 7.11 Å². The molecule has 0 fully saturated rings. The predicted molar refractivity (Wildman–Crippen MR) is 99.3 cm³/mol. The molecule has 3 heteroatoms. The van der Waals surface area contributed by atoms with E-state index in [1.807, 2.05) is 54.6 Å². The molecule has 3 rings (SSSR count). The fourth-order valence-corrected chi connectivity index (χ4v) is 2.46. The molecule has 0 N–H and O–H groups in total. The van der Waals surface area contributed by atoms with Crippen LogP contribution in [0.1, 0.15) is 11.1 Å². The van der Waals surface area contributed by atoms with Gasteiger partial charge in [-0.15, -0.1) is 0 Å². The molecule has 25 heavy (non-hydrogen) atoms. The standard InChI is InChI=1S/C22H22O3/c1-23-20-11-13-22(14-12-20)25-21-9-7-18(8-10-21)15-16-24-17-19-5-3-2-4-6-19/h2-14H,15-17H2,1H3. The Morgan fingerprint density at radius 2 is 1.24 bits per heavy atom. The Bertz CT molecular complexity index is 750. The lowest BCUT2D eigenvalue weighted by molar-refractivity contribution is 0.124. The minimum Gasteiger partial charge on any atom is -0.497 e. The third-order valence-electron chi connectivity index (χ3n) is 3.87. The Kier molecular flexibility index (Phi) is 6.07. The third kappa shape index (κ3) is 5.37. The Morgan fingerprint density at radius 1 is 0.640 bits per heavy atom. The van der Waals surface area contributed by atoms with Gasteiger partial charge in [-0.2, -0.15) is 0 Å². The molecule has 0 aliphatic rings. The van der Waals surface area contributed by atoms with Crippen LogP contribution >= 0.6 is 0 Å². The average Bonchev–Trinajstić information content (AvgIpc) is 2.68. The quantitative estimate of drug-likeness (QED) is 0.527. The normalized spacial score (nSPS) is 10.4. The highest BCUT2D eigenvalue weighted by Crippen LogP contribution is 2.24. The summed E-state index contributed by atoms with van der Waals surface area (Å²) in [5, 5.41) is 0. The highest BCUT2D eigenvalue weighted by molar-refractivity contribution is 5.36. The molecule has 3 nitrogen and oxygen atoms in total. The molecule has 3 aromatic carbocycles. The Balaban J connectivity index is 1.45. The van der Waals surface area contributed by atoms with Gasteiger partial charge in [0.2, 0.25) is 0 Å². The van der Waals surface area contributed by atoms with E-state index in [0.29, 0.717) is 13.2 Å². The average molecular weight is 334 g/mol. The molecule has 0 saturated heterocycles. The molecule has 0 atom stereocenters. The maximum Gasteiger partial charge on any atom is 0.127 e. The summed E-state index contributed by atoms with van der Waals surface area (Å²) in [5.41, 5.74) is 2.43. The molecule has 0 aliphatic carbocycles. The number of rotatable bonds is 8. The SMILES string of the molecule is COc1ccc(Oc2ccc(CCOCc3ccccc3)cc2)cc1. The van der Waals surface area contributed by atoms with E-state index in [0.717, 1.165) is 23.7 Å². The molecule has 0 heterocycles. The highest BCUT2D eigenvalue weighted by Gasteiger charge is 2.00. The predicted octanol–water partition coefficient (Wildman–Crippen LogP) is 5.25. The van der Waals surface area contributed by atoms with Crippen molar-refractivity contribution in [2.24, 2.45) is 0 Å². The van der Waals surface area contributed by atoms with Gasteiger partial charge in [0.15, 0.2) is 0 Å². The first-order valence-corrected chi connectivity index (χ1v) is 8.36. The van der Waals surface area contributed by atoms with Gasteiger partial charge in [0.05, 0.1) is 20.3 Å². The zero-order valence-electron chi connectivity index (χ0n) is 14.4. The van der Waals surface area contributed by atoms with Crippen molar-refractivity contribution < 1.29 is 14.2 Å². The zero-order chi connectivity index (χ0) is 17.3. The van der Waals surface area contributed by atoms with Crippen molar-refractivity contribution in [1.82, 2.24) is 0 Å². The van der Waals surface area contributed by atoms with Gasteiger partial charge in [-0.3, -0.25) is 0 Å². The topological polar surface area (TPSA) is 27.7 Å². The monoisotopic (exact) mass is 334 g/mol. The summed E-state index contributed by atoms with van der Waals surface area (Å²) in [4.78, 5) is 0. The summed E-state index contributed by atoms with van der Waals surface area (Å²) < 4.78 is 16.7. The number of hydrogen-bond acceptors (Lipinski definition) is 3.